The molecule has 0 saturated heterocycles. The van der Waals surface area contributed by atoms with Crippen molar-refractivity contribution in [3.05, 3.63) is 35.4 Å². The number of aliphatic imine (C=N–C) groups is 1. The van der Waals surface area contributed by atoms with Crippen LogP contribution in [0.5, 0.6) is 0 Å². The van der Waals surface area contributed by atoms with E-state index < -0.39 is 0 Å². The summed E-state index contributed by atoms with van der Waals surface area (Å²) >= 11 is 0. The summed E-state index contributed by atoms with van der Waals surface area (Å²) in [5, 5.41) is 3.09. The Morgan fingerprint density at radius 2 is 2.08 bits per heavy atom. The molecule has 0 unspecified atom stereocenters. The van der Waals surface area contributed by atoms with Gasteiger partial charge in [-0.2, -0.15) is 0 Å². The first-order valence-electron chi connectivity index (χ1n) is 8.93. The smallest absolute Gasteiger partial charge is 0.227 e. The summed E-state index contributed by atoms with van der Waals surface area (Å²) in [7, 11) is 1.73. The third-order valence-electron chi connectivity index (χ3n) is 5.74. The summed E-state index contributed by atoms with van der Waals surface area (Å²) in [6.45, 7) is 0. The maximum absolute atomic E-state index is 12.4. The Balaban J connectivity index is 1.52. The van der Waals surface area contributed by atoms with Crippen molar-refractivity contribution in [2.45, 2.75) is 44.4 Å². The third kappa shape index (κ3) is 2.97. The highest BCUT2D eigenvalue weighted by atomic mass is 16.1. The highest BCUT2D eigenvalue weighted by Crippen LogP contribution is 2.63. The third-order valence-corrected chi connectivity index (χ3v) is 5.74. The standard InChI is InChI=1S/C20H25N3O/c1-22-9-6-18(21)17-10-15(4-5-16(17)13-2-3-13)23-19(24)14-11-20(12-14)7-8-20/h4-6,9-10,13-14H,2-3,7-8,11-12,21H2,1H3,(H,23,24)/b18-6-,22-9?. The Morgan fingerprint density at radius 3 is 2.71 bits per heavy atom. The van der Waals surface area contributed by atoms with Crippen LogP contribution in [0.15, 0.2) is 29.3 Å². The van der Waals surface area contributed by atoms with Crippen LogP contribution in [0.4, 0.5) is 5.69 Å². The molecule has 0 aromatic heterocycles. The summed E-state index contributed by atoms with van der Waals surface area (Å²) in [4.78, 5) is 16.4. The van der Waals surface area contributed by atoms with E-state index in [-0.39, 0.29) is 11.8 Å². The number of anilines is 1. The second-order valence-electron chi connectivity index (χ2n) is 7.70. The fourth-order valence-corrected chi connectivity index (χ4v) is 3.88. The monoisotopic (exact) mass is 323 g/mol. The number of carbonyl (C=O) groups excluding carboxylic acids is 1. The van der Waals surface area contributed by atoms with Crippen LogP contribution in [0.2, 0.25) is 0 Å². The number of rotatable bonds is 5. The van der Waals surface area contributed by atoms with Crippen molar-refractivity contribution in [1.29, 1.82) is 0 Å². The first kappa shape index (κ1) is 15.4. The first-order valence-corrected chi connectivity index (χ1v) is 8.93. The van der Waals surface area contributed by atoms with Crippen molar-refractivity contribution in [2.24, 2.45) is 22.1 Å². The number of amides is 1. The molecule has 3 saturated carbocycles. The predicted molar refractivity (Wildman–Crippen MR) is 98.0 cm³/mol. The van der Waals surface area contributed by atoms with Gasteiger partial charge in [0.05, 0.1) is 0 Å². The van der Waals surface area contributed by atoms with E-state index in [1.807, 2.05) is 18.2 Å². The summed E-state index contributed by atoms with van der Waals surface area (Å²) in [5.74, 6) is 0.964. The van der Waals surface area contributed by atoms with E-state index in [1.165, 1.54) is 31.2 Å². The highest BCUT2D eigenvalue weighted by Gasteiger charge is 2.54. The predicted octanol–water partition coefficient (Wildman–Crippen LogP) is 3.69. The number of nitrogens with two attached hydrogens (primary N) is 1. The zero-order valence-electron chi connectivity index (χ0n) is 14.2. The van der Waals surface area contributed by atoms with Gasteiger partial charge < -0.3 is 11.1 Å². The van der Waals surface area contributed by atoms with Gasteiger partial charge in [0.15, 0.2) is 0 Å². The van der Waals surface area contributed by atoms with Gasteiger partial charge in [-0.3, -0.25) is 9.79 Å². The van der Waals surface area contributed by atoms with Gasteiger partial charge in [-0.1, -0.05) is 6.07 Å². The molecule has 3 aliphatic rings. The van der Waals surface area contributed by atoms with Crippen molar-refractivity contribution in [3.63, 3.8) is 0 Å². The maximum atomic E-state index is 12.4. The molecule has 3 N–H and O–H groups in total. The molecule has 0 radical (unpaired) electrons. The van der Waals surface area contributed by atoms with Gasteiger partial charge in [0.25, 0.3) is 0 Å². The largest absolute Gasteiger partial charge is 0.398 e. The highest BCUT2D eigenvalue weighted by molar-refractivity contribution is 5.94. The Morgan fingerprint density at radius 1 is 1.33 bits per heavy atom. The molecule has 126 valence electrons. The van der Waals surface area contributed by atoms with E-state index in [2.05, 4.69) is 16.4 Å². The minimum absolute atomic E-state index is 0.162. The van der Waals surface area contributed by atoms with E-state index in [4.69, 9.17) is 5.73 Å². The maximum Gasteiger partial charge on any atom is 0.227 e. The molecular formula is C20H25N3O. The molecule has 0 heterocycles. The van der Waals surface area contributed by atoms with Crippen LogP contribution >= 0.6 is 0 Å². The molecule has 0 bridgehead atoms. The summed E-state index contributed by atoms with van der Waals surface area (Å²) in [6.07, 6.45) is 10.8. The quantitative estimate of drug-likeness (QED) is 0.811. The molecule has 4 rings (SSSR count). The number of benzene rings is 1. The van der Waals surface area contributed by atoms with Gasteiger partial charge in [0.2, 0.25) is 5.91 Å². The van der Waals surface area contributed by atoms with Gasteiger partial charge in [-0.15, -0.1) is 0 Å². The lowest BCUT2D eigenvalue weighted by atomic mass is 9.71. The Labute approximate surface area is 143 Å². The second-order valence-corrected chi connectivity index (χ2v) is 7.70. The molecule has 3 aliphatic carbocycles. The molecule has 3 fully saturated rings. The molecule has 0 atom stereocenters. The van der Waals surface area contributed by atoms with Crippen LogP contribution in [0.25, 0.3) is 5.70 Å². The lowest BCUT2D eigenvalue weighted by molar-refractivity contribution is -0.124. The zero-order chi connectivity index (χ0) is 16.7. The normalized spacial score (nSPS) is 22.6. The Bertz CT molecular complexity index is 718. The number of nitrogens with one attached hydrogen (secondary N) is 1. The number of allylic oxidation sites excluding steroid dienone is 1. The lowest BCUT2D eigenvalue weighted by Crippen LogP contribution is -2.35. The van der Waals surface area contributed by atoms with E-state index in [0.29, 0.717) is 17.0 Å². The van der Waals surface area contributed by atoms with Gasteiger partial charge in [-0.05, 0) is 73.6 Å². The first-order chi connectivity index (χ1) is 11.6. The van der Waals surface area contributed by atoms with Crippen LogP contribution in [0, 0.1) is 11.3 Å². The van der Waals surface area contributed by atoms with E-state index in [1.54, 1.807) is 13.3 Å². The minimum Gasteiger partial charge on any atom is -0.398 e. The zero-order valence-corrected chi connectivity index (χ0v) is 14.2. The van der Waals surface area contributed by atoms with E-state index >= 15 is 0 Å². The molecule has 4 nitrogen and oxygen atoms in total. The lowest BCUT2D eigenvalue weighted by Gasteiger charge is -2.34. The summed E-state index contributed by atoms with van der Waals surface area (Å²) in [5.41, 5.74) is 10.7. The Kier molecular flexibility index (Phi) is 3.70. The average Bonchev–Trinajstić information content (AvgIpc) is 3.43. The van der Waals surface area contributed by atoms with Crippen molar-refractivity contribution in [1.82, 2.24) is 0 Å². The molecule has 1 spiro atoms. The van der Waals surface area contributed by atoms with E-state index in [0.717, 1.165) is 24.1 Å². The fourth-order valence-electron chi connectivity index (χ4n) is 3.88. The summed E-state index contributed by atoms with van der Waals surface area (Å²) in [6, 6.07) is 6.16. The molecule has 24 heavy (non-hydrogen) atoms. The molecule has 1 aromatic carbocycles. The topological polar surface area (TPSA) is 67.5 Å². The summed E-state index contributed by atoms with van der Waals surface area (Å²) < 4.78 is 0. The SMILES string of the molecule is CN=C/C=C(\N)c1cc(NC(=O)C2CC3(CC3)C2)ccc1C1CC1. The number of carbonyl (C=O) groups is 1. The minimum atomic E-state index is 0.162. The Hall–Kier alpha value is -2.10. The van der Waals surface area contributed by atoms with Crippen molar-refractivity contribution in [3.8, 4) is 0 Å². The van der Waals surface area contributed by atoms with E-state index in [9.17, 15) is 4.79 Å². The fraction of sp³-hybridized carbons (Fsp3) is 0.500. The number of hydrogen-bond donors (Lipinski definition) is 2. The van der Waals surface area contributed by atoms with Gasteiger partial charge in [0, 0.05) is 36.1 Å². The van der Waals surface area contributed by atoms with Crippen LogP contribution < -0.4 is 11.1 Å². The molecule has 4 heteroatoms. The van der Waals surface area contributed by atoms with Gasteiger partial charge in [0.1, 0.15) is 0 Å². The second kappa shape index (κ2) is 5.76. The average molecular weight is 323 g/mol. The van der Waals surface area contributed by atoms with Crippen molar-refractivity contribution in [2.75, 3.05) is 12.4 Å². The van der Waals surface area contributed by atoms with Crippen LogP contribution in [0.1, 0.15) is 55.6 Å². The molecule has 0 aliphatic heterocycles. The van der Waals surface area contributed by atoms with Crippen molar-refractivity contribution < 1.29 is 4.79 Å². The van der Waals surface area contributed by atoms with Crippen LogP contribution in [-0.2, 0) is 4.79 Å². The molecule has 1 amide bonds. The number of nitrogens with zero attached hydrogens (tertiary/aromatic N) is 1. The van der Waals surface area contributed by atoms with Gasteiger partial charge >= 0.3 is 0 Å². The van der Waals surface area contributed by atoms with Gasteiger partial charge in [-0.25, -0.2) is 0 Å². The van der Waals surface area contributed by atoms with Crippen molar-refractivity contribution >= 4 is 23.5 Å². The van der Waals surface area contributed by atoms with Crippen LogP contribution in [-0.4, -0.2) is 19.2 Å². The molecular weight excluding hydrogens is 298 g/mol. The molecule has 1 aromatic rings. The number of hydrogen-bond acceptors (Lipinski definition) is 3. The van der Waals surface area contributed by atoms with Crippen LogP contribution in [0.3, 0.4) is 0 Å².